The van der Waals surface area contributed by atoms with Gasteiger partial charge in [0.25, 0.3) is 5.91 Å². The van der Waals surface area contributed by atoms with Crippen LogP contribution in [0, 0.1) is 0 Å². The van der Waals surface area contributed by atoms with E-state index in [0.29, 0.717) is 17.8 Å². The Balaban J connectivity index is 2.05. The van der Waals surface area contributed by atoms with Crippen molar-refractivity contribution in [2.75, 3.05) is 38.7 Å². The third kappa shape index (κ3) is 6.26. The average molecular weight is 391 g/mol. The number of carbonyl (C=O) groups is 1. The first kappa shape index (κ1) is 20.7. The molecule has 2 N–H and O–H groups in total. The minimum atomic E-state index is -3.34. The summed E-state index contributed by atoms with van der Waals surface area (Å²) in [6, 6.07) is 14.0. The van der Waals surface area contributed by atoms with Gasteiger partial charge in [-0.1, -0.05) is 12.1 Å². The summed E-state index contributed by atoms with van der Waals surface area (Å²) in [4.78, 5) is 14.5. The smallest absolute Gasteiger partial charge is 0.251 e. The van der Waals surface area contributed by atoms with Crippen molar-refractivity contribution in [3.8, 4) is 5.75 Å². The molecular formula is C19H25N3O4S. The van der Waals surface area contributed by atoms with E-state index >= 15 is 0 Å². The molecule has 2 aromatic rings. The van der Waals surface area contributed by atoms with E-state index in [9.17, 15) is 13.2 Å². The maximum absolute atomic E-state index is 12.4. The number of anilines is 1. The lowest BCUT2D eigenvalue weighted by Crippen LogP contribution is -2.34. The molecule has 0 saturated heterocycles. The maximum atomic E-state index is 12.4. The Hall–Kier alpha value is -2.58. The van der Waals surface area contributed by atoms with E-state index in [1.165, 1.54) is 0 Å². The van der Waals surface area contributed by atoms with E-state index in [0.717, 1.165) is 17.6 Å². The first-order valence-corrected chi connectivity index (χ1v) is 10.2. The molecular weight excluding hydrogens is 366 g/mol. The van der Waals surface area contributed by atoms with Gasteiger partial charge in [0.15, 0.2) is 0 Å². The van der Waals surface area contributed by atoms with Crippen LogP contribution in [0.3, 0.4) is 0 Å². The Morgan fingerprint density at radius 1 is 1.15 bits per heavy atom. The van der Waals surface area contributed by atoms with E-state index in [1.54, 1.807) is 31.4 Å². The van der Waals surface area contributed by atoms with Gasteiger partial charge in [-0.2, -0.15) is 0 Å². The second kappa shape index (κ2) is 8.88. The normalized spacial score (nSPS) is 12.5. The topological polar surface area (TPSA) is 87.7 Å². The molecule has 2 aromatic carbocycles. The summed E-state index contributed by atoms with van der Waals surface area (Å²) in [6.45, 7) is 0.419. The standard InChI is InChI=1S/C19H25N3O4S/c1-22(2)18(15-6-5-7-17(12-15)26-3)13-20-19(23)14-8-10-16(11-9-14)21-27(4,24)25/h5-12,18,21H,13H2,1-4H3,(H,20,23). The lowest BCUT2D eigenvalue weighted by atomic mass is 10.1. The zero-order chi connectivity index (χ0) is 20.0. The number of benzene rings is 2. The van der Waals surface area contributed by atoms with Crippen molar-refractivity contribution >= 4 is 21.6 Å². The van der Waals surface area contributed by atoms with Gasteiger partial charge in [0, 0.05) is 17.8 Å². The second-order valence-electron chi connectivity index (χ2n) is 6.42. The van der Waals surface area contributed by atoms with Crippen LogP contribution in [-0.2, 0) is 10.0 Å². The van der Waals surface area contributed by atoms with Gasteiger partial charge >= 0.3 is 0 Å². The highest BCUT2D eigenvalue weighted by Gasteiger charge is 2.16. The van der Waals surface area contributed by atoms with E-state index in [1.807, 2.05) is 43.3 Å². The lowest BCUT2D eigenvalue weighted by Gasteiger charge is -2.25. The Kier molecular flexibility index (Phi) is 6.81. The highest BCUT2D eigenvalue weighted by atomic mass is 32.2. The third-order valence-electron chi connectivity index (χ3n) is 4.01. The van der Waals surface area contributed by atoms with E-state index in [2.05, 4.69) is 10.0 Å². The number of ether oxygens (including phenoxy) is 1. The van der Waals surface area contributed by atoms with Crippen LogP contribution in [0.25, 0.3) is 0 Å². The summed E-state index contributed by atoms with van der Waals surface area (Å²) >= 11 is 0. The highest BCUT2D eigenvalue weighted by molar-refractivity contribution is 7.92. The predicted molar refractivity (Wildman–Crippen MR) is 107 cm³/mol. The van der Waals surface area contributed by atoms with Crippen LogP contribution in [0.2, 0.25) is 0 Å². The minimum absolute atomic E-state index is 0.0183. The molecule has 0 heterocycles. The van der Waals surface area contributed by atoms with Gasteiger partial charge in [0.1, 0.15) is 5.75 Å². The molecule has 146 valence electrons. The fourth-order valence-electron chi connectivity index (χ4n) is 2.64. The number of nitrogens with one attached hydrogen (secondary N) is 2. The molecule has 0 aliphatic rings. The van der Waals surface area contributed by atoms with Crippen LogP contribution in [0.15, 0.2) is 48.5 Å². The van der Waals surface area contributed by atoms with Crippen LogP contribution in [0.4, 0.5) is 5.69 Å². The van der Waals surface area contributed by atoms with Crippen LogP contribution >= 0.6 is 0 Å². The van der Waals surface area contributed by atoms with Gasteiger partial charge < -0.3 is 15.0 Å². The minimum Gasteiger partial charge on any atom is -0.497 e. The van der Waals surface area contributed by atoms with Gasteiger partial charge in [-0.25, -0.2) is 8.42 Å². The third-order valence-corrected chi connectivity index (χ3v) is 4.61. The summed E-state index contributed by atoms with van der Waals surface area (Å²) in [5.74, 6) is 0.537. The van der Waals surface area contributed by atoms with Gasteiger partial charge in [-0.05, 0) is 56.1 Å². The molecule has 1 amide bonds. The number of hydrogen-bond donors (Lipinski definition) is 2. The van der Waals surface area contributed by atoms with E-state index in [4.69, 9.17) is 4.74 Å². The van der Waals surface area contributed by atoms with E-state index < -0.39 is 10.0 Å². The van der Waals surface area contributed by atoms with Crippen LogP contribution in [0.5, 0.6) is 5.75 Å². The Morgan fingerprint density at radius 3 is 2.37 bits per heavy atom. The van der Waals surface area contributed by atoms with Gasteiger partial charge in [-0.3, -0.25) is 9.52 Å². The number of sulfonamides is 1. The summed E-state index contributed by atoms with van der Waals surface area (Å²) < 4.78 is 30.1. The first-order chi connectivity index (χ1) is 12.7. The number of rotatable bonds is 8. The van der Waals surface area contributed by atoms with Crippen molar-refractivity contribution in [2.45, 2.75) is 6.04 Å². The monoisotopic (exact) mass is 391 g/mol. The quantitative estimate of drug-likeness (QED) is 0.720. The fraction of sp³-hybridized carbons (Fsp3) is 0.316. The molecule has 0 aromatic heterocycles. The maximum Gasteiger partial charge on any atom is 0.251 e. The first-order valence-electron chi connectivity index (χ1n) is 8.36. The van der Waals surface area contributed by atoms with Crippen molar-refractivity contribution in [2.24, 2.45) is 0 Å². The molecule has 1 atom stereocenters. The Morgan fingerprint density at radius 2 is 1.81 bits per heavy atom. The fourth-order valence-corrected chi connectivity index (χ4v) is 3.21. The summed E-state index contributed by atoms with van der Waals surface area (Å²) in [6.07, 6.45) is 1.08. The number of nitrogens with zero attached hydrogens (tertiary/aromatic N) is 1. The van der Waals surface area contributed by atoms with Crippen LogP contribution in [-0.4, -0.2) is 53.2 Å². The molecule has 0 aliphatic heterocycles. The summed E-state index contributed by atoms with van der Waals surface area (Å²) in [5.41, 5.74) is 1.90. The number of amides is 1. The van der Waals surface area contributed by atoms with Crippen molar-refractivity contribution in [1.29, 1.82) is 0 Å². The molecule has 0 bridgehead atoms. The van der Waals surface area contributed by atoms with Gasteiger partial charge in [0.05, 0.1) is 19.4 Å². The number of carbonyl (C=O) groups excluding carboxylic acids is 1. The van der Waals surface area contributed by atoms with E-state index in [-0.39, 0.29) is 11.9 Å². The lowest BCUT2D eigenvalue weighted by molar-refractivity contribution is 0.0942. The molecule has 1 unspecified atom stereocenters. The molecule has 27 heavy (non-hydrogen) atoms. The van der Waals surface area contributed by atoms with Crippen LogP contribution in [0.1, 0.15) is 22.0 Å². The SMILES string of the molecule is COc1cccc(C(CNC(=O)c2ccc(NS(C)(=O)=O)cc2)N(C)C)c1. The molecule has 0 aliphatic carbocycles. The molecule has 7 nitrogen and oxygen atoms in total. The number of likely N-dealkylation sites (N-methyl/N-ethyl adjacent to an activating group) is 1. The molecule has 2 rings (SSSR count). The van der Waals surface area contributed by atoms with Gasteiger partial charge in [0.2, 0.25) is 10.0 Å². The number of hydrogen-bond acceptors (Lipinski definition) is 5. The molecule has 0 radical (unpaired) electrons. The summed E-state index contributed by atoms with van der Waals surface area (Å²) in [5, 5.41) is 2.92. The second-order valence-corrected chi connectivity index (χ2v) is 8.17. The molecule has 8 heteroatoms. The van der Waals surface area contributed by atoms with Crippen molar-refractivity contribution in [3.05, 3.63) is 59.7 Å². The van der Waals surface area contributed by atoms with Crippen molar-refractivity contribution in [1.82, 2.24) is 10.2 Å². The molecule has 0 fully saturated rings. The zero-order valence-corrected chi connectivity index (χ0v) is 16.7. The van der Waals surface area contributed by atoms with Crippen LogP contribution < -0.4 is 14.8 Å². The summed E-state index contributed by atoms with van der Waals surface area (Å²) in [7, 11) is 2.17. The van der Waals surface area contributed by atoms with Crippen molar-refractivity contribution in [3.63, 3.8) is 0 Å². The Bertz CT molecular complexity index is 880. The van der Waals surface area contributed by atoms with Gasteiger partial charge in [-0.15, -0.1) is 0 Å². The average Bonchev–Trinajstić information content (AvgIpc) is 2.61. The number of methoxy groups -OCH3 is 1. The molecule has 0 spiro atoms. The molecule has 0 saturated carbocycles. The zero-order valence-electron chi connectivity index (χ0n) is 15.9. The Labute approximate surface area is 160 Å². The van der Waals surface area contributed by atoms with Crippen molar-refractivity contribution < 1.29 is 17.9 Å². The largest absolute Gasteiger partial charge is 0.497 e. The highest BCUT2D eigenvalue weighted by Crippen LogP contribution is 2.22. The predicted octanol–water partition coefficient (Wildman–Crippen LogP) is 2.10.